The minimum Gasteiger partial charge on any atom is -0.349 e. The first-order chi connectivity index (χ1) is 17.4. The fourth-order valence-corrected chi connectivity index (χ4v) is 3.89. The normalized spacial score (nSPS) is 19.5. The molecule has 0 amide bonds. The molecule has 0 aromatic heterocycles. The largest absolute Gasteiger partial charge is 0.416 e. The molecule has 0 unspecified atom stereocenters. The molecule has 198 valence electrons. The lowest BCUT2D eigenvalue weighted by Gasteiger charge is -2.42. The van der Waals surface area contributed by atoms with Crippen LogP contribution in [0.25, 0.3) is 10.4 Å². The van der Waals surface area contributed by atoms with Gasteiger partial charge in [-0.2, -0.15) is 26.3 Å². The fraction of sp³-hybridized carbons (Fsp3) is 0.417. The number of hydrogen-bond donors (Lipinski definition) is 0. The van der Waals surface area contributed by atoms with Gasteiger partial charge in [0.15, 0.2) is 6.29 Å². The first-order valence-electron chi connectivity index (χ1n) is 11.0. The Kier molecular flexibility index (Phi) is 9.04. The minimum atomic E-state index is -5.00. The van der Waals surface area contributed by atoms with Gasteiger partial charge >= 0.3 is 12.4 Å². The maximum absolute atomic E-state index is 13.6. The number of ether oxygens (including phenoxy) is 2. The SMILES string of the molecule is C[C@@H](O[C@H]1OCCN(CCC#CN=[N+]=[N-])[C@H]1c1ccc(F)cc1)c1cc(C(F)(F)F)cc(C(F)(F)F)c1. The van der Waals surface area contributed by atoms with Crippen molar-refractivity contribution >= 4 is 0 Å². The van der Waals surface area contributed by atoms with E-state index in [1.54, 1.807) is 0 Å². The molecule has 1 aliphatic heterocycles. The molecule has 3 atom stereocenters. The third kappa shape index (κ3) is 7.60. The highest BCUT2D eigenvalue weighted by atomic mass is 19.4. The Hall–Kier alpha value is -3.30. The number of morpholine rings is 1. The molecule has 0 saturated carbocycles. The van der Waals surface area contributed by atoms with Gasteiger partial charge in [0.1, 0.15) is 5.82 Å². The van der Waals surface area contributed by atoms with Crippen LogP contribution in [0.1, 0.15) is 47.7 Å². The summed E-state index contributed by atoms with van der Waals surface area (Å²) in [6, 6.07) is 8.27. The van der Waals surface area contributed by atoms with E-state index in [0.717, 1.165) is 0 Å². The summed E-state index contributed by atoms with van der Waals surface area (Å²) in [5.41, 5.74) is 5.64. The van der Waals surface area contributed by atoms with E-state index in [-0.39, 0.29) is 24.7 Å². The second kappa shape index (κ2) is 11.8. The maximum Gasteiger partial charge on any atom is 0.416 e. The minimum absolute atomic E-state index is 0.0494. The van der Waals surface area contributed by atoms with Crippen LogP contribution in [-0.4, -0.2) is 30.9 Å². The van der Waals surface area contributed by atoms with Crippen LogP contribution in [-0.2, 0) is 21.8 Å². The topological polar surface area (TPSA) is 70.5 Å². The van der Waals surface area contributed by atoms with Gasteiger partial charge in [0.05, 0.1) is 29.9 Å². The van der Waals surface area contributed by atoms with Crippen LogP contribution in [0.2, 0.25) is 0 Å². The molecule has 2 aromatic carbocycles. The zero-order chi connectivity index (χ0) is 27.2. The molecule has 37 heavy (non-hydrogen) atoms. The Morgan fingerprint density at radius 2 is 1.73 bits per heavy atom. The molecule has 1 heterocycles. The van der Waals surface area contributed by atoms with Crippen molar-refractivity contribution in [3.8, 4) is 12.0 Å². The van der Waals surface area contributed by atoms with E-state index >= 15 is 0 Å². The average Bonchev–Trinajstić information content (AvgIpc) is 2.83. The predicted octanol–water partition coefficient (Wildman–Crippen LogP) is 7.00. The van der Waals surface area contributed by atoms with Crippen molar-refractivity contribution in [2.24, 2.45) is 5.11 Å². The van der Waals surface area contributed by atoms with E-state index in [1.807, 2.05) is 4.90 Å². The molecular formula is C24H21F7N4O2. The molecule has 0 spiro atoms. The monoisotopic (exact) mass is 530 g/mol. The molecule has 3 rings (SSSR count). The highest BCUT2D eigenvalue weighted by Gasteiger charge is 2.39. The summed E-state index contributed by atoms with van der Waals surface area (Å²) in [4.78, 5) is 4.41. The smallest absolute Gasteiger partial charge is 0.349 e. The Morgan fingerprint density at radius 3 is 2.30 bits per heavy atom. The van der Waals surface area contributed by atoms with Crippen molar-refractivity contribution in [2.45, 2.75) is 44.1 Å². The molecule has 1 fully saturated rings. The van der Waals surface area contributed by atoms with Crippen LogP contribution < -0.4 is 0 Å². The van der Waals surface area contributed by atoms with Gasteiger partial charge < -0.3 is 9.47 Å². The van der Waals surface area contributed by atoms with E-state index in [0.29, 0.717) is 30.8 Å². The second-order valence-corrected chi connectivity index (χ2v) is 8.12. The molecule has 0 N–H and O–H groups in total. The number of rotatable bonds is 6. The summed E-state index contributed by atoms with van der Waals surface area (Å²) < 4.78 is 105. The lowest BCUT2D eigenvalue weighted by Crippen LogP contribution is -2.47. The Balaban J connectivity index is 1.92. The average molecular weight is 530 g/mol. The molecule has 2 aromatic rings. The van der Waals surface area contributed by atoms with Gasteiger partial charge in [-0.25, -0.2) is 4.39 Å². The van der Waals surface area contributed by atoms with Gasteiger partial charge in [0.2, 0.25) is 0 Å². The van der Waals surface area contributed by atoms with Gasteiger partial charge in [-0.15, -0.1) is 0 Å². The number of benzene rings is 2. The lowest BCUT2D eigenvalue weighted by molar-refractivity contribution is -0.229. The van der Waals surface area contributed by atoms with Crippen molar-refractivity contribution < 1.29 is 40.2 Å². The molecule has 13 heteroatoms. The number of alkyl halides is 6. The third-order valence-corrected chi connectivity index (χ3v) is 5.64. The first-order valence-corrected chi connectivity index (χ1v) is 11.0. The molecule has 0 bridgehead atoms. The molecule has 0 radical (unpaired) electrons. The maximum atomic E-state index is 13.6. The van der Waals surface area contributed by atoms with E-state index < -0.39 is 47.7 Å². The van der Waals surface area contributed by atoms with E-state index in [2.05, 4.69) is 22.0 Å². The standard InChI is InChI=1S/C24H21F7N4O2/c1-15(17-12-18(23(26,27)28)14-19(13-17)24(29,30)31)37-22-21(16-4-6-20(25)7-5-16)35(10-11-36-22)9-3-2-8-33-34-32/h4-7,12-15,21-22H,3,9-11H2,1H3/t15-,21+,22-/m1/s1. The summed E-state index contributed by atoms with van der Waals surface area (Å²) in [7, 11) is 0. The Bertz CT molecular complexity index is 1150. The van der Waals surface area contributed by atoms with Gasteiger partial charge in [-0.3, -0.25) is 4.90 Å². The molecule has 6 nitrogen and oxygen atoms in total. The van der Waals surface area contributed by atoms with Gasteiger partial charge in [0, 0.05) is 24.4 Å². The van der Waals surface area contributed by atoms with Gasteiger partial charge in [-0.1, -0.05) is 18.1 Å². The van der Waals surface area contributed by atoms with Crippen molar-refractivity contribution in [3.63, 3.8) is 0 Å². The van der Waals surface area contributed by atoms with Crippen molar-refractivity contribution in [3.05, 3.63) is 81.0 Å². The zero-order valence-corrected chi connectivity index (χ0v) is 19.4. The van der Waals surface area contributed by atoms with E-state index in [4.69, 9.17) is 15.0 Å². The lowest BCUT2D eigenvalue weighted by atomic mass is 10.0. The van der Waals surface area contributed by atoms with Gasteiger partial charge in [-0.05, 0) is 65.1 Å². The number of hydrogen-bond acceptors (Lipinski definition) is 4. The number of azide groups is 1. The summed E-state index contributed by atoms with van der Waals surface area (Å²) in [6.07, 6.45) is -12.0. The highest BCUT2D eigenvalue weighted by molar-refractivity contribution is 5.34. The molecule has 1 aliphatic rings. The van der Waals surface area contributed by atoms with Crippen molar-refractivity contribution in [1.82, 2.24) is 4.90 Å². The second-order valence-electron chi connectivity index (χ2n) is 8.12. The zero-order valence-electron chi connectivity index (χ0n) is 19.4. The molecule has 1 saturated heterocycles. The molecule has 0 aliphatic carbocycles. The van der Waals surface area contributed by atoms with Crippen LogP contribution in [0.3, 0.4) is 0 Å². The van der Waals surface area contributed by atoms with Crippen LogP contribution in [0.4, 0.5) is 30.7 Å². The Labute approximate surface area is 207 Å². The predicted molar refractivity (Wildman–Crippen MR) is 118 cm³/mol. The highest BCUT2D eigenvalue weighted by Crippen LogP contribution is 2.39. The van der Waals surface area contributed by atoms with Crippen LogP contribution in [0.15, 0.2) is 47.6 Å². The third-order valence-electron chi connectivity index (χ3n) is 5.64. The summed E-state index contributed by atoms with van der Waals surface area (Å²) >= 11 is 0. The Morgan fingerprint density at radius 1 is 1.11 bits per heavy atom. The number of halogens is 7. The van der Waals surface area contributed by atoms with Crippen molar-refractivity contribution in [2.75, 3.05) is 19.7 Å². The van der Waals surface area contributed by atoms with Crippen LogP contribution in [0.5, 0.6) is 0 Å². The fourth-order valence-electron chi connectivity index (χ4n) is 3.89. The summed E-state index contributed by atoms with van der Waals surface area (Å²) in [6.45, 7) is 2.21. The quantitative estimate of drug-likeness (QED) is 0.133. The first kappa shape index (κ1) is 28.3. The van der Waals surface area contributed by atoms with Crippen LogP contribution >= 0.6 is 0 Å². The van der Waals surface area contributed by atoms with Gasteiger partial charge in [0.25, 0.3) is 0 Å². The molecular weight excluding hydrogens is 509 g/mol. The van der Waals surface area contributed by atoms with Crippen LogP contribution in [0, 0.1) is 17.8 Å². The summed E-state index contributed by atoms with van der Waals surface area (Å²) in [5, 5.41) is 3.13. The summed E-state index contributed by atoms with van der Waals surface area (Å²) in [5.74, 6) is 2.17. The van der Waals surface area contributed by atoms with Crippen molar-refractivity contribution in [1.29, 1.82) is 0 Å². The number of nitrogens with zero attached hydrogens (tertiary/aromatic N) is 4. The van der Waals surface area contributed by atoms with E-state index in [9.17, 15) is 30.7 Å². The van der Waals surface area contributed by atoms with E-state index in [1.165, 1.54) is 31.2 Å².